The van der Waals surface area contributed by atoms with E-state index < -0.39 is 110 Å². The van der Waals surface area contributed by atoms with E-state index in [-0.39, 0.29) is 51.4 Å². The van der Waals surface area contributed by atoms with Crippen LogP contribution in [0, 0.1) is 0 Å². The molecule has 248 valence electrons. The van der Waals surface area contributed by atoms with Crippen molar-refractivity contribution < 1.29 is 82.0 Å². The van der Waals surface area contributed by atoms with E-state index in [2.05, 4.69) is 0 Å². The van der Waals surface area contributed by atoms with Crippen molar-refractivity contribution in [3.05, 3.63) is 0 Å². The molecule has 0 bridgehead atoms. The average molecular weight is 675 g/mol. The Labute approximate surface area is 243 Å². The summed E-state index contributed by atoms with van der Waals surface area (Å²) in [6, 6.07) is -1.86. The summed E-state index contributed by atoms with van der Waals surface area (Å²) in [6.07, 6.45) is -5.09. The molecule has 0 amide bonds. The third-order valence-electron chi connectivity index (χ3n) is 5.95. The van der Waals surface area contributed by atoms with Crippen molar-refractivity contribution >= 4 is 35.2 Å². The third-order valence-corrected chi connectivity index (χ3v) is 17.6. The van der Waals surface area contributed by atoms with Crippen LogP contribution in [0.15, 0.2) is 0 Å². The quantitative estimate of drug-likeness (QED) is 0.0383. The Balaban J connectivity index is 5.93. The second-order valence-electron chi connectivity index (χ2n) is 10.1. The fourth-order valence-corrected chi connectivity index (χ4v) is 16.0. The first-order valence-corrected chi connectivity index (χ1v) is 21.5. The van der Waals surface area contributed by atoms with Crippen LogP contribution < -0.4 is 0 Å². The fourth-order valence-electron chi connectivity index (χ4n) is 3.73. The van der Waals surface area contributed by atoms with Crippen LogP contribution in [0.5, 0.6) is 0 Å². The zero-order chi connectivity index (χ0) is 31.7. The van der Waals surface area contributed by atoms with Crippen molar-refractivity contribution in [3.8, 4) is 0 Å². The topological polar surface area (TPSA) is 311 Å². The van der Waals surface area contributed by atoms with Crippen molar-refractivity contribution in [2.24, 2.45) is 0 Å². The van der Waals surface area contributed by atoms with Gasteiger partial charge in [0.1, 0.15) is 0 Å². The molecule has 0 fully saturated rings. The maximum absolute atomic E-state index is 11.3. The molecule has 0 radical (unpaired) electrons. The summed E-state index contributed by atoms with van der Waals surface area (Å²) in [5.74, 6) is 0. The molecule has 41 heavy (non-hydrogen) atoms. The minimum Gasteiger partial charge on any atom is -0.394 e. The van der Waals surface area contributed by atoms with Crippen LogP contribution in [-0.4, -0.2) is 156 Å². The van der Waals surface area contributed by atoms with Crippen molar-refractivity contribution in [3.63, 3.8) is 0 Å². The van der Waals surface area contributed by atoms with Crippen LogP contribution in [0.4, 0.5) is 0 Å². The van der Waals surface area contributed by atoms with E-state index in [0.29, 0.717) is 0 Å². The Hall–Kier alpha value is 0.188. The fraction of sp³-hybridized carbons (Fsp3) is 1.00. The predicted molar refractivity (Wildman–Crippen MR) is 148 cm³/mol. The summed E-state index contributed by atoms with van der Waals surface area (Å²) in [5, 5.41) is 74.3. The maximum Gasteiger partial charge on any atom is 0.488 e. The second kappa shape index (κ2) is 20.3. The van der Waals surface area contributed by atoms with Gasteiger partial charge in [-0.3, -0.25) is 0 Å². The van der Waals surface area contributed by atoms with E-state index in [0.717, 1.165) is 0 Å². The summed E-state index contributed by atoms with van der Waals surface area (Å²) >= 11 is 0. The van der Waals surface area contributed by atoms with E-state index in [9.17, 15) is 49.2 Å². The average Bonchev–Trinajstić information content (AvgIpc) is 2.86. The maximum atomic E-state index is 11.3. The Morgan fingerprint density at radius 3 is 0.878 bits per heavy atom. The van der Waals surface area contributed by atoms with Crippen molar-refractivity contribution in [2.45, 2.75) is 100.0 Å². The zero-order valence-corrected chi connectivity index (χ0v) is 27.1. The number of hydrogen-bond donors (Lipinski definition) is 14. The molecule has 6 unspecified atom stereocenters. The van der Waals surface area contributed by atoms with Crippen molar-refractivity contribution in [1.82, 2.24) is 0 Å². The van der Waals surface area contributed by atoms with Gasteiger partial charge >= 0.3 is 35.2 Å². The molecule has 0 aliphatic carbocycles. The molecular weight excluding hydrogens is 625 g/mol. The van der Waals surface area contributed by atoms with E-state index >= 15 is 0 Å². The first-order chi connectivity index (χ1) is 18.9. The smallest absolute Gasteiger partial charge is 0.394 e. The molecule has 0 aromatic rings. The van der Waals surface area contributed by atoms with Gasteiger partial charge in [-0.1, -0.05) is 0 Å². The molecule has 0 spiro atoms. The summed E-state index contributed by atoms with van der Waals surface area (Å²) in [4.78, 5) is 64.7. The van der Waals surface area contributed by atoms with Gasteiger partial charge in [0.15, 0.2) is 0 Å². The molecule has 0 aromatic carbocycles. The number of hydrogen-bond acceptors (Lipinski definition) is 17. The molecule has 0 aliphatic rings. The highest BCUT2D eigenvalue weighted by Crippen LogP contribution is 2.29. The molecule has 0 rings (SSSR count). The SMILES string of the molecule is OCC(O)CCC[Si](O)(O)O[Si](O)(CCCC(O)CO)O[Si](O)(CCCC(O)CO)O[Si](O)(O)CCCC(O)CO. The van der Waals surface area contributed by atoms with Crippen LogP contribution >= 0.6 is 0 Å². The Morgan fingerprint density at radius 1 is 0.390 bits per heavy atom. The Kier molecular flexibility index (Phi) is 20.4. The van der Waals surface area contributed by atoms with Crippen molar-refractivity contribution in [1.29, 1.82) is 0 Å². The Bertz CT molecular complexity index is 630. The van der Waals surface area contributed by atoms with Crippen LogP contribution in [0.1, 0.15) is 51.4 Å². The van der Waals surface area contributed by atoms with E-state index in [1.54, 1.807) is 0 Å². The van der Waals surface area contributed by atoms with Gasteiger partial charge in [-0.05, 0) is 51.4 Å². The largest absolute Gasteiger partial charge is 0.488 e. The highest BCUT2D eigenvalue weighted by atomic mass is 28.5. The lowest BCUT2D eigenvalue weighted by Crippen LogP contribution is -2.64. The molecule has 21 heteroatoms. The van der Waals surface area contributed by atoms with Gasteiger partial charge in [0.25, 0.3) is 0 Å². The second-order valence-corrected chi connectivity index (χ2v) is 20.4. The lowest BCUT2D eigenvalue weighted by molar-refractivity contribution is 0.0790. The standard InChI is InChI=1S/C20H50O17Si4/c21-13-17(25)5-1-9-38(29,30)35-40(33,11-3-7-19(27)15-23)37-41(34,12-4-8-20(28)16-24)36-39(31,32)10-2-6-18(26)14-22/h17-34H,1-16H2. The van der Waals surface area contributed by atoms with Gasteiger partial charge in [0.05, 0.1) is 50.8 Å². The Morgan fingerprint density at radius 2 is 0.634 bits per heavy atom. The lowest BCUT2D eigenvalue weighted by Gasteiger charge is -2.37. The molecule has 0 aliphatic heterocycles. The normalized spacial score (nSPS) is 18.9. The van der Waals surface area contributed by atoms with Crippen LogP contribution in [0.3, 0.4) is 0 Å². The monoisotopic (exact) mass is 674 g/mol. The first-order valence-electron chi connectivity index (χ1n) is 13.5. The third kappa shape index (κ3) is 20.0. The van der Waals surface area contributed by atoms with Gasteiger partial charge in [0.2, 0.25) is 0 Å². The van der Waals surface area contributed by atoms with Crippen molar-refractivity contribution in [2.75, 3.05) is 26.4 Å². The van der Waals surface area contributed by atoms with Gasteiger partial charge in [-0.15, -0.1) is 0 Å². The summed E-state index contributed by atoms with van der Waals surface area (Å²) in [6.45, 7) is -2.32. The predicted octanol–water partition coefficient (Wildman–Crippen LogP) is -4.72. The zero-order valence-electron chi connectivity index (χ0n) is 23.1. The minimum absolute atomic E-state index is 0.0254. The van der Waals surface area contributed by atoms with Crippen LogP contribution in [0.25, 0.3) is 0 Å². The summed E-state index contributed by atoms with van der Waals surface area (Å²) < 4.78 is 16.1. The molecule has 0 aromatic heterocycles. The minimum atomic E-state index is -4.87. The van der Waals surface area contributed by atoms with E-state index in [1.807, 2.05) is 0 Å². The van der Waals surface area contributed by atoms with E-state index in [4.69, 9.17) is 32.8 Å². The van der Waals surface area contributed by atoms with Crippen LogP contribution in [-0.2, 0) is 12.3 Å². The molecule has 0 saturated carbocycles. The van der Waals surface area contributed by atoms with Gasteiger partial charge in [0, 0.05) is 24.2 Å². The highest BCUT2D eigenvalue weighted by molar-refractivity contribution is 6.82. The molecule has 14 N–H and O–H groups in total. The first kappa shape index (κ1) is 41.2. The number of aliphatic hydroxyl groups is 8. The van der Waals surface area contributed by atoms with Gasteiger partial charge in [-0.25, -0.2) is 0 Å². The molecule has 0 heterocycles. The molecule has 0 saturated heterocycles. The van der Waals surface area contributed by atoms with Gasteiger partial charge in [-0.2, -0.15) is 0 Å². The summed E-state index contributed by atoms with van der Waals surface area (Å²) in [7, 11) is -19.2. The summed E-state index contributed by atoms with van der Waals surface area (Å²) in [5.41, 5.74) is 0. The lowest BCUT2D eigenvalue weighted by atomic mass is 10.2. The molecular formula is C20H50O17Si4. The number of aliphatic hydroxyl groups excluding tert-OH is 8. The van der Waals surface area contributed by atoms with Crippen LogP contribution in [0.2, 0.25) is 24.2 Å². The van der Waals surface area contributed by atoms with E-state index in [1.165, 1.54) is 0 Å². The number of rotatable bonds is 26. The van der Waals surface area contributed by atoms with Gasteiger partial charge < -0.3 is 82.0 Å². The molecule has 6 atom stereocenters. The highest BCUT2D eigenvalue weighted by Gasteiger charge is 2.56. The molecule has 17 nitrogen and oxygen atoms in total.